The number of carbonyl (C=O) groups excluding carboxylic acids is 1. The van der Waals surface area contributed by atoms with E-state index in [2.05, 4.69) is 4.98 Å². The molecule has 0 fully saturated rings. The third kappa shape index (κ3) is 1.54. The summed E-state index contributed by atoms with van der Waals surface area (Å²) in [5, 5.41) is 0.883. The Balaban J connectivity index is 2.68. The molecule has 4 heteroatoms. The fourth-order valence-electron chi connectivity index (χ4n) is 1.58. The summed E-state index contributed by atoms with van der Waals surface area (Å²) in [6.45, 7) is 2.37. The van der Waals surface area contributed by atoms with Crippen LogP contribution in [0.15, 0.2) is 24.3 Å². The molecule has 78 valence electrons. The average molecular weight is 204 g/mol. The van der Waals surface area contributed by atoms with E-state index in [0.717, 1.165) is 10.9 Å². The molecule has 15 heavy (non-hydrogen) atoms. The first-order valence-electron chi connectivity index (χ1n) is 4.77. The van der Waals surface area contributed by atoms with E-state index in [1.54, 1.807) is 0 Å². The number of hydrogen-bond donors (Lipinski definition) is 2. The summed E-state index contributed by atoms with van der Waals surface area (Å²) >= 11 is 0. The highest BCUT2D eigenvalue weighted by Crippen LogP contribution is 2.29. The normalized spacial score (nSPS) is 10.5. The van der Waals surface area contributed by atoms with Gasteiger partial charge in [0.25, 0.3) is 5.91 Å². The monoisotopic (exact) mass is 204 g/mol. The maximum absolute atomic E-state index is 11.2. The zero-order valence-electron chi connectivity index (χ0n) is 8.41. The molecule has 1 amide bonds. The molecule has 0 aliphatic carbocycles. The number of carbonyl (C=O) groups is 1. The van der Waals surface area contributed by atoms with Crippen molar-refractivity contribution in [3.05, 3.63) is 30.0 Å². The van der Waals surface area contributed by atoms with Gasteiger partial charge in [0.1, 0.15) is 5.69 Å². The minimum atomic E-state index is -0.505. The van der Waals surface area contributed by atoms with Crippen LogP contribution in [0.25, 0.3) is 10.9 Å². The quantitative estimate of drug-likeness (QED) is 0.798. The number of hydrogen-bond acceptors (Lipinski definition) is 2. The summed E-state index contributed by atoms with van der Waals surface area (Å²) in [4.78, 5) is 14.1. The molecule has 1 aromatic carbocycles. The second-order valence-corrected chi connectivity index (χ2v) is 3.17. The summed E-state index contributed by atoms with van der Waals surface area (Å²) < 4.78 is 5.42. The van der Waals surface area contributed by atoms with Gasteiger partial charge in [-0.3, -0.25) is 4.79 Å². The summed E-state index contributed by atoms with van der Waals surface area (Å²) in [5.41, 5.74) is 6.45. The van der Waals surface area contributed by atoms with Gasteiger partial charge in [-0.1, -0.05) is 12.1 Å². The Kier molecular flexibility index (Phi) is 2.33. The number of H-pyrrole nitrogens is 1. The van der Waals surface area contributed by atoms with Crippen molar-refractivity contribution in [3.63, 3.8) is 0 Å². The summed E-state index contributed by atoms with van der Waals surface area (Å²) in [5.74, 6) is 0.0373. The second kappa shape index (κ2) is 3.65. The highest BCUT2D eigenvalue weighted by molar-refractivity contribution is 6.02. The fourth-order valence-corrected chi connectivity index (χ4v) is 1.58. The van der Waals surface area contributed by atoms with E-state index in [-0.39, 0.29) is 0 Å². The predicted molar refractivity (Wildman–Crippen MR) is 58.0 cm³/mol. The van der Waals surface area contributed by atoms with Crippen molar-refractivity contribution in [2.75, 3.05) is 6.61 Å². The van der Waals surface area contributed by atoms with Crippen molar-refractivity contribution in [1.29, 1.82) is 0 Å². The first-order chi connectivity index (χ1) is 7.24. The fraction of sp³-hybridized carbons (Fsp3) is 0.182. The molecule has 0 spiro atoms. The molecule has 0 aliphatic rings. The molecule has 0 saturated carbocycles. The molecule has 3 N–H and O–H groups in total. The number of primary amides is 1. The molecule has 0 saturated heterocycles. The zero-order chi connectivity index (χ0) is 10.8. The van der Waals surface area contributed by atoms with Crippen LogP contribution in [0.1, 0.15) is 17.4 Å². The first kappa shape index (κ1) is 9.58. The maximum atomic E-state index is 11.2. The summed E-state index contributed by atoms with van der Waals surface area (Å²) in [7, 11) is 0. The van der Waals surface area contributed by atoms with Crippen LogP contribution in [0.4, 0.5) is 0 Å². The molecule has 4 nitrogen and oxygen atoms in total. The van der Waals surface area contributed by atoms with Gasteiger partial charge in [-0.05, 0) is 19.1 Å². The van der Waals surface area contributed by atoms with Gasteiger partial charge in [-0.2, -0.15) is 0 Å². The van der Waals surface area contributed by atoms with Crippen molar-refractivity contribution in [2.45, 2.75) is 6.92 Å². The lowest BCUT2D eigenvalue weighted by Crippen LogP contribution is -2.13. The SMILES string of the molecule is CCOc1c(C(N)=O)[nH]c2ccccc12. The Morgan fingerprint density at radius 1 is 1.47 bits per heavy atom. The lowest BCUT2D eigenvalue weighted by molar-refractivity contribution is 0.0993. The Bertz CT molecular complexity index is 502. The van der Waals surface area contributed by atoms with Crippen LogP contribution in [0, 0.1) is 0 Å². The van der Waals surface area contributed by atoms with Crippen LogP contribution >= 0.6 is 0 Å². The Hall–Kier alpha value is -1.97. The van der Waals surface area contributed by atoms with E-state index in [1.807, 2.05) is 31.2 Å². The maximum Gasteiger partial charge on any atom is 0.269 e. The molecule has 0 bridgehead atoms. The molecular formula is C11H12N2O2. The smallest absolute Gasteiger partial charge is 0.269 e. The number of para-hydroxylation sites is 1. The summed E-state index contributed by atoms with van der Waals surface area (Å²) in [6, 6.07) is 7.55. The molecule has 0 atom stereocenters. The average Bonchev–Trinajstić information content (AvgIpc) is 2.58. The van der Waals surface area contributed by atoms with Crippen molar-refractivity contribution in [1.82, 2.24) is 4.98 Å². The Labute approximate surface area is 87.0 Å². The number of nitrogens with two attached hydrogens (primary N) is 1. The van der Waals surface area contributed by atoms with Gasteiger partial charge in [-0.15, -0.1) is 0 Å². The van der Waals surface area contributed by atoms with E-state index in [1.165, 1.54) is 0 Å². The van der Waals surface area contributed by atoms with Gasteiger partial charge < -0.3 is 15.5 Å². The van der Waals surface area contributed by atoms with E-state index in [9.17, 15) is 4.79 Å². The molecule has 1 heterocycles. The number of amides is 1. The van der Waals surface area contributed by atoms with Crippen molar-refractivity contribution in [2.24, 2.45) is 5.73 Å². The number of aromatic nitrogens is 1. The predicted octanol–water partition coefficient (Wildman–Crippen LogP) is 1.67. The third-order valence-corrected chi connectivity index (χ3v) is 2.19. The third-order valence-electron chi connectivity index (χ3n) is 2.19. The van der Waals surface area contributed by atoms with Gasteiger partial charge in [-0.25, -0.2) is 0 Å². The highest BCUT2D eigenvalue weighted by Gasteiger charge is 2.15. The van der Waals surface area contributed by atoms with E-state index in [4.69, 9.17) is 10.5 Å². The van der Waals surface area contributed by atoms with Crippen molar-refractivity contribution < 1.29 is 9.53 Å². The molecule has 0 radical (unpaired) electrons. The van der Waals surface area contributed by atoms with Crippen molar-refractivity contribution >= 4 is 16.8 Å². The number of fused-ring (bicyclic) bond motifs is 1. The molecule has 1 aromatic heterocycles. The van der Waals surface area contributed by atoms with Gasteiger partial charge >= 0.3 is 0 Å². The minimum absolute atomic E-state index is 0.332. The zero-order valence-corrected chi connectivity index (χ0v) is 8.41. The lowest BCUT2D eigenvalue weighted by atomic mass is 10.2. The number of rotatable bonds is 3. The van der Waals surface area contributed by atoms with Crippen LogP contribution in [0.5, 0.6) is 5.75 Å². The van der Waals surface area contributed by atoms with Crippen LogP contribution < -0.4 is 10.5 Å². The molecule has 2 rings (SSSR count). The van der Waals surface area contributed by atoms with Crippen LogP contribution in [0.2, 0.25) is 0 Å². The largest absolute Gasteiger partial charge is 0.491 e. The molecular weight excluding hydrogens is 192 g/mol. The number of benzene rings is 1. The second-order valence-electron chi connectivity index (χ2n) is 3.17. The van der Waals surface area contributed by atoms with Crippen LogP contribution in [-0.4, -0.2) is 17.5 Å². The summed E-state index contributed by atoms with van der Waals surface area (Å²) in [6.07, 6.45) is 0. The first-order valence-corrected chi connectivity index (χ1v) is 4.77. The topological polar surface area (TPSA) is 68.1 Å². The van der Waals surface area contributed by atoms with E-state index >= 15 is 0 Å². The molecule has 0 aliphatic heterocycles. The lowest BCUT2D eigenvalue weighted by Gasteiger charge is -2.02. The van der Waals surface area contributed by atoms with Crippen molar-refractivity contribution in [3.8, 4) is 5.75 Å². The van der Waals surface area contributed by atoms with Gasteiger partial charge in [0.2, 0.25) is 0 Å². The number of nitrogens with one attached hydrogen (secondary N) is 1. The van der Waals surface area contributed by atoms with Gasteiger partial charge in [0, 0.05) is 10.9 Å². The van der Waals surface area contributed by atoms with Gasteiger partial charge in [0.05, 0.1) is 6.61 Å². The van der Waals surface area contributed by atoms with E-state index in [0.29, 0.717) is 18.1 Å². The van der Waals surface area contributed by atoms with E-state index < -0.39 is 5.91 Å². The van der Waals surface area contributed by atoms with Gasteiger partial charge in [0.15, 0.2) is 5.75 Å². The Morgan fingerprint density at radius 2 is 2.20 bits per heavy atom. The standard InChI is InChI=1S/C11H12N2O2/c1-2-15-10-7-5-3-4-6-8(7)13-9(10)11(12)14/h3-6,13H,2H2,1H3,(H2,12,14). The highest BCUT2D eigenvalue weighted by atomic mass is 16.5. The Morgan fingerprint density at radius 3 is 2.87 bits per heavy atom. The molecule has 0 unspecified atom stereocenters. The number of ether oxygens (including phenoxy) is 1. The van der Waals surface area contributed by atoms with Crippen LogP contribution in [-0.2, 0) is 0 Å². The van der Waals surface area contributed by atoms with Crippen LogP contribution in [0.3, 0.4) is 0 Å². The minimum Gasteiger partial charge on any atom is -0.491 e. The number of aromatic amines is 1. The molecule has 2 aromatic rings.